The number of thiophene rings is 1. The third kappa shape index (κ3) is 1.39. The lowest BCUT2D eigenvalue weighted by atomic mass is 10.2. The molecule has 3 aromatic rings. The van der Waals surface area contributed by atoms with E-state index >= 15 is 0 Å². The average Bonchev–Trinajstić information content (AvgIpc) is 3.04. The molecule has 18 heavy (non-hydrogen) atoms. The first-order chi connectivity index (χ1) is 8.92. The summed E-state index contributed by atoms with van der Waals surface area (Å²) in [5, 5.41) is 13.1. The Morgan fingerprint density at radius 1 is 1.17 bits per heavy atom. The van der Waals surface area contributed by atoms with E-state index in [4.69, 9.17) is 0 Å². The van der Waals surface area contributed by atoms with Crippen LogP contribution in [0.15, 0.2) is 41.8 Å². The maximum absolute atomic E-state index is 4.43. The molecule has 1 aliphatic rings. The average molecular weight is 253 g/mol. The minimum atomic E-state index is 0.980. The van der Waals surface area contributed by atoms with Crippen LogP contribution in [-0.4, -0.2) is 10.2 Å². The molecule has 88 valence electrons. The van der Waals surface area contributed by atoms with E-state index in [1.54, 1.807) is 11.3 Å². The number of H-pyrrole nitrogens is 1. The summed E-state index contributed by atoms with van der Waals surface area (Å²) >= 11 is 1.81. The van der Waals surface area contributed by atoms with Gasteiger partial charge in [0.15, 0.2) is 0 Å². The van der Waals surface area contributed by atoms with Crippen LogP contribution < -0.4 is 5.32 Å². The molecule has 0 saturated carbocycles. The lowest BCUT2D eigenvalue weighted by Gasteiger charge is -2.04. The third-order valence-electron chi connectivity index (χ3n) is 3.25. The first-order valence-corrected chi connectivity index (χ1v) is 6.76. The molecule has 0 bridgehead atoms. The van der Waals surface area contributed by atoms with Crippen LogP contribution in [0.25, 0.3) is 11.3 Å². The second-order valence-electron chi connectivity index (χ2n) is 4.35. The summed E-state index contributed by atoms with van der Waals surface area (Å²) in [4.78, 5) is 1.41. The molecule has 0 saturated heterocycles. The molecule has 1 aromatic carbocycles. The molecule has 2 heterocycles. The number of nitrogens with one attached hydrogen (secondary N) is 2. The number of hydrogen-bond acceptors (Lipinski definition) is 3. The normalized spacial score (nSPS) is 12.2. The van der Waals surface area contributed by atoms with Crippen molar-refractivity contribution in [1.82, 2.24) is 10.2 Å². The molecule has 4 heteroatoms. The summed E-state index contributed by atoms with van der Waals surface area (Å²) < 4.78 is 0. The highest BCUT2D eigenvalue weighted by molar-refractivity contribution is 7.10. The van der Waals surface area contributed by atoms with Crippen molar-refractivity contribution >= 4 is 22.8 Å². The van der Waals surface area contributed by atoms with Crippen LogP contribution in [0.1, 0.15) is 10.4 Å². The monoisotopic (exact) mass is 253 g/mol. The number of nitrogens with zero attached hydrogens (tertiary/aromatic N) is 1. The Hall–Kier alpha value is -2.07. The lowest BCUT2D eigenvalue weighted by Crippen LogP contribution is -1.93. The Bertz CT molecular complexity index is 697. The molecule has 0 unspecified atom stereocenters. The number of hydrogen-bond donors (Lipinski definition) is 2. The predicted molar refractivity (Wildman–Crippen MR) is 74.4 cm³/mol. The van der Waals surface area contributed by atoms with E-state index in [1.165, 1.54) is 16.0 Å². The molecule has 1 aliphatic carbocycles. The highest BCUT2D eigenvalue weighted by atomic mass is 32.1. The van der Waals surface area contributed by atoms with Crippen LogP contribution >= 0.6 is 11.3 Å². The van der Waals surface area contributed by atoms with Crippen molar-refractivity contribution in [2.75, 3.05) is 5.32 Å². The summed E-state index contributed by atoms with van der Waals surface area (Å²) in [7, 11) is 0. The summed E-state index contributed by atoms with van der Waals surface area (Å²) in [6.45, 7) is 0. The maximum Gasteiger partial charge on any atom is 0.130 e. The number of benzene rings is 1. The van der Waals surface area contributed by atoms with Crippen molar-refractivity contribution in [2.45, 2.75) is 6.42 Å². The topological polar surface area (TPSA) is 40.7 Å². The quantitative estimate of drug-likeness (QED) is 0.570. The third-order valence-corrected chi connectivity index (χ3v) is 4.17. The van der Waals surface area contributed by atoms with Gasteiger partial charge in [0.2, 0.25) is 0 Å². The zero-order valence-electron chi connectivity index (χ0n) is 9.60. The summed E-state index contributed by atoms with van der Waals surface area (Å²) in [5.41, 5.74) is 4.75. The van der Waals surface area contributed by atoms with Crippen LogP contribution in [0.4, 0.5) is 11.5 Å². The van der Waals surface area contributed by atoms with Crippen LogP contribution in [0.3, 0.4) is 0 Å². The largest absolute Gasteiger partial charge is 0.340 e. The molecule has 0 fully saturated rings. The molecule has 2 aromatic heterocycles. The van der Waals surface area contributed by atoms with E-state index < -0.39 is 0 Å². The minimum Gasteiger partial charge on any atom is -0.340 e. The van der Waals surface area contributed by atoms with Gasteiger partial charge in [-0.1, -0.05) is 18.2 Å². The van der Waals surface area contributed by atoms with Gasteiger partial charge >= 0.3 is 0 Å². The van der Waals surface area contributed by atoms with Crippen LogP contribution in [0.5, 0.6) is 0 Å². The highest BCUT2D eigenvalue weighted by Gasteiger charge is 2.25. The Balaban J connectivity index is 1.72. The highest BCUT2D eigenvalue weighted by Crippen LogP contribution is 2.41. The smallest absolute Gasteiger partial charge is 0.130 e. The van der Waals surface area contributed by atoms with Gasteiger partial charge in [0.25, 0.3) is 0 Å². The van der Waals surface area contributed by atoms with E-state index in [-0.39, 0.29) is 0 Å². The molecule has 0 spiro atoms. The second-order valence-corrected chi connectivity index (χ2v) is 5.35. The number of aromatic amines is 1. The van der Waals surface area contributed by atoms with Gasteiger partial charge in [-0.25, -0.2) is 0 Å². The first kappa shape index (κ1) is 9.91. The molecule has 0 atom stereocenters. The van der Waals surface area contributed by atoms with Crippen LogP contribution in [0.2, 0.25) is 0 Å². The fourth-order valence-corrected chi connectivity index (χ4v) is 3.27. The Morgan fingerprint density at radius 3 is 2.94 bits per heavy atom. The van der Waals surface area contributed by atoms with Gasteiger partial charge in [-0.3, -0.25) is 5.10 Å². The van der Waals surface area contributed by atoms with Crippen LogP contribution in [0, 0.1) is 0 Å². The van der Waals surface area contributed by atoms with Crippen LogP contribution in [-0.2, 0) is 6.42 Å². The maximum atomic E-state index is 4.43. The molecule has 4 rings (SSSR count). The van der Waals surface area contributed by atoms with E-state index in [0.29, 0.717) is 0 Å². The van der Waals surface area contributed by atoms with Gasteiger partial charge in [0, 0.05) is 28.1 Å². The number of aromatic nitrogens is 2. The molecular weight excluding hydrogens is 242 g/mol. The summed E-state index contributed by atoms with van der Waals surface area (Å²) in [5.74, 6) is 1.01. The summed E-state index contributed by atoms with van der Waals surface area (Å²) in [6, 6.07) is 12.3. The van der Waals surface area contributed by atoms with Gasteiger partial charge in [-0.2, -0.15) is 5.10 Å². The predicted octanol–water partition coefficient (Wildman–Crippen LogP) is 3.79. The van der Waals surface area contributed by atoms with Gasteiger partial charge in [-0.15, -0.1) is 11.3 Å². The molecule has 2 N–H and O–H groups in total. The van der Waals surface area contributed by atoms with E-state index in [0.717, 1.165) is 23.6 Å². The van der Waals surface area contributed by atoms with Crippen molar-refractivity contribution in [1.29, 1.82) is 0 Å². The number of para-hydroxylation sites is 1. The Kier molecular flexibility index (Phi) is 2.04. The van der Waals surface area contributed by atoms with E-state index in [2.05, 4.69) is 39.1 Å². The zero-order valence-corrected chi connectivity index (χ0v) is 10.4. The van der Waals surface area contributed by atoms with Gasteiger partial charge < -0.3 is 5.32 Å². The molecule has 0 aliphatic heterocycles. The van der Waals surface area contributed by atoms with E-state index in [9.17, 15) is 0 Å². The number of rotatable bonds is 2. The summed E-state index contributed by atoms with van der Waals surface area (Å²) in [6.07, 6.45) is 0.980. The Morgan fingerprint density at radius 2 is 2.06 bits per heavy atom. The van der Waals surface area contributed by atoms with Crippen molar-refractivity contribution in [3.8, 4) is 11.3 Å². The molecule has 0 radical (unpaired) electrons. The number of anilines is 2. The van der Waals surface area contributed by atoms with E-state index in [1.807, 2.05) is 18.2 Å². The fourth-order valence-electron chi connectivity index (χ4n) is 2.38. The molecular formula is C14H11N3S. The Labute approximate surface area is 108 Å². The van der Waals surface area contributed by atoms with Gasteiger partial charge in [0.05, 0.1) is 5.69 Å². The zero-order chi connectivity index (χ0) is 11.9. The van der Waals surface area contributed by atoms with Crippen molar-refractivity contribution in [3.63, 3.8) is 0 Å². The van der Waals surface area contributed by atoms with Crippen molar-refractivity contribution < 1.29 is 0 Å². The lowest BCUT2D eigenvalue weighted by molar-refractivity contribution is 1.09. The van der Waals surface area contributed by atoms with Gasteiger partial charge in [-0.05, 0) is 23.6 Å². The first-order valence-electron chi connectivity index (χ1n) is 5.88. The van der Waals surface area contributed by atoms with Crippen molar-refractivity contribution in [2.24, 2.45) is 0 Å². The fraction of sp³-hybridized carbons (Fsp3) is 0.0714. The molecule has 0 amide bonds. The van der Waals surface area contributed by atoms with Crippen molar-refractivity contribution in [3.05, 3.63) is 52.2 Å². The SMILES string of the molecule is c1ccc(Nc2[nH]nc3c2Cc2sccc2-3)cc1. The minimum absolute atomic E-state index is 0.980. The standard InChI is InChI=1S/C14H11N3S/c1-2-4-9(5-3-1)15-14-11-8-12-10(6-7-18-12)13(11)16-17-14/h1-7H,8H2,(H2,15,16,17). The second kappa shape index (κ2) is 3.71. The van der Waals surface area contributed by atoms with Gasteiger partial charge in [0.1, 0.15) is 5.82 Å². The molecule has 3 nitrogen and oxygen atoms in total. The number of fused-ring (bicyclic) bond motifs is 3.